The zero-order chi connectivity index (χ0) is 22.3. The molecule has 164 valence electrons. The Hall–Kier alpha value is -3.36. The predicted octanol–water partition coefficient (Wildman–Crippen LogP) is 3.88. The molecule has 8 heteroatoms. The van der Waals surface area contributed by atoms with Crippen LogP contribution in [-0.2, 0) is 6.42 Å². The number of fused-ring (bicyclic) bond motifs is 1. The molecule has 3 heterocycles. The van der Waals surface area contributed by atoms with Gasteiger partial charge in [-0.25, -0.2) is 9.97 Å². The number of nitrogens with two attached hydrogens (primary N) is 1. The van der Waals surface area contributed by atoms with Crippen LogP contribution in [0.25, 0.3) is 21.6 Å². The van der Waals surface area contributed by atoms with Crippen LogP contribution >= 0.6 is 11.3 Å². The lowest BCUT2D eigenvalue weighted by Gasteiger charge is -2.14. The van der Waals surface area contributed by atoms with Crippen LogP contribution in [0, 0.1) is 0 Å². The number of rotatable bonds is 9. The molecule has 0 aliphatic rings. The van der Waals surface area contributed by atoms with Crippen molar-refractivity contribution in [3.05, 3.63) is 71.4 Å². The van der Waals surface area contributed by atoms with Crippen LogP contribution in [0.1, 0.15) is 29.3 Å². The predicted molar refractivity (Wildman–Crippen MR) is 130 cm³/mol. The van der Waals surface area contributed by atoms with Crippen LogP contribution in [0.2, 0.25) is 0 Å². The first-order valence-corrected chi connectivity index (χ1v) is 11.5. The van der Waals surface area contributed by atoms with E-state index in [9.17, 15) is 4.79 Å². The number of amides is 1. The molecular weight excluding hydrogens is 420 g/mol. The van der Waals surface area contributed by atoms with Gasteiger partial charge in [0.25, 0.3) is 5.91 Å². The monoisotopic (exact) mass is 446 g/mol. The summed E-state index contributed by atoms with van der Waals surface area (Å²) in [6, 6.07) is 13.8. The second-order valence-electron chi connectivity index (χ2n) is 7.55. The number of aromatic nitrogens is 3. The zero-order valence-electron chi connectivity index (χ0n) is 17.9. The fraction of sp³-hybridized carbons (Fsp3) is 0.250. The zero-order valence-corrected chi connectivity index (χ0v) is 18.7. The highest BCUT2D eigenvalue weighted by molar-refractivity contribution is 7.18. The molecule has 4 N–H and O–H groups in total. The van der Waals surface area contributed by atoms with E-state index in [2.05, 4.69) is 27.8 Å². The summed E-state index contributed by atoms with van der Waals surface area (Å²) in [6.07, 6.45) is 5.04. The molecule has 3 aromatic heterocycles. The largest absolute Gasteiger partial charge is 0.367 e. The van der Waals surface area contributed by atoms with Gasteiger partial charge >= 0.3 is 0 Å². The molecule has 1 aromatic carbocycles. The summed E-state index contributed by atoms with van der Waals surface area (Å²) in [5.74, 6) is 1.11. The van der Waals surface area contributed by atoms with Gasteiger partial charge in [0, 0.05) is 42.5 Å². The van der Waals surface area contributed by atoms with Gasteiger partial charge in [-0.1, -0.05) is 37.3 Å². The molecule has 4 aromatic rings. The maximum Gasteiger partial charge on any atom is 0.254 e. The highest BCUT2D eigenvalue weighted by Crippen LogP contribution is 2.32. The Morgan fingerprint density at radius 1 is 1.12 bits per heavy atom. The van der Waals surface area contributed by atoms with Gasteiger partial charge < -0.3 is 16.4 Å². The number of nitrogens with one attached hydrogen (secondary N) is 2. The van der Waals surface area contributed by atoms with Crippen LogP contribution < -0.4 is 16.4 Å². The average molecular weight is 447 g/mol. The molecule has 0 aliphatic heterocycles. The molecule has 4 rings (SSSR count). The summed E-state index contributed by atoms with van der Waals surface area (Å²) in [5, 5.41) is 8.18. The van der Waals surface area contributed by atoms with Crippen LogP contribution in [-0.4, -0.2) is 40.0 Å². The molecule has 0 bridgehead atoms. The molecule has 0 saturated heterocycles. The molecule has 0 unspecified atom stereocenters. The SMILES string of the molecule is CCCNC(=O)c1csc2c(NC[C@H](N)Cc3ccccc3)nc(-c3ccncc3)nc12. The number of pyridine rings is 1. The lowest BCUT2D eigenvalue weighted by Crippen LogP contribution is -2.31. The van der Waals surface area contributed by atoms with Crippen molar-refractivity contribution in [2.24, 2.45) is 5.73 Å². The molecule has 7 nitrogen and oxygen atoms in total. The van der Waals surface area contributed by atoms with Gasteiger partial charge in [0.1, 0.15) is 11.3 Å². The van der Waals surface area contributed by atoms with Crippen LogP contribution in [0.4, 0.5) is 5.82 Å². The first kappa shape index (κ1) is 21.9. The van der Waals surface area contributed by atoms with Gasteiger partial charge in [-0.2, -0.15) is 0 Å². The van der Waals surface area contributed by atoms with E-state index in [1.807, 2.05) is 42.6 Å². The van der Waals surface area contributed by atoms with Crippen LogP contribution in [0.5, 0.6) is 0 Å². The molecule has 0 saturated carbocycles. The summed E-state index contributed by atoms with van der Waals surface area (Å²) in [6.45, 7) is 3.19. The van der Waals surface area contributed by atoms with E-state index in [0.717, 1.165) is 23.1 Å². The van der Waals surface area contributed by atoms with E-state index >= 15 is 0 Å². The molecule has 1 atom stereocenters. The van der Waals surface area contributed by atoms with E-state index < -0.39 is 0 Å². The number of nitrogens with zero attached hydrogens (tertiary/aromatic N) is 3. The Kier molecular flexibility index (Phi) is 7.03. The maximum atomic E-state index is 12.7. The van der Waals surface area contributed by atoms with Crippen molar-refractivity contribution < 1.29 is 4.79 Å². The van der Waals surface area contributed by atoms with Gasteiger partial charge in [0.2, 0.25) is 0 Å². The van der Waals surface area contributed by atoms with Crippen molar-refractivity contribution in [1.82, 2.24) is 20.3 Å². The van der Waals surface area contributed by atoms with E-state index in [1.165, 1.54) is 16.9 Å². The van der Waals surface area contributed by atoms with Gasteiger partial charge in [-0.15, -0.1) is 11.3 Å². The third-order valence-electron chi connectivity index (χ3n) is 5.01. The van der Waals surface area contributed by atoms with E-state index in [4.69, 9.17) is 15.7 Å². The quantitative estimate of drug-likeness (QED) is 0.360. The fourth-order valence-corrected chi connectivity index (χ4v) is 4.33. The minimum Gasteiger partial charge on any atom is -0.367 e. The highest BCUT2D eigenvalue weighted by Gasteiger charge is 2.19. The number of hydrogen-bond donors (Lipinski definition) is 3. The lowest BCUT2D eigenvalue weighted by molar-refractivity contribution is 0.0955. The fourth-order valence-electron chi connectivity index (χ4n) is 3.38. The molecule has 0 radical (unpaired) electrons. The number of benzene rings is 1. The topological polar surface area (TPSA) is 106 Å². The summed E-state index contributed by atoms with van der Waals surface area (Å²) in [4.78, 5) is 26.3. The van der Waals surface area contributed by atoms with Crippen LogP contribution in [0.15, 0.2) is 60.2 Å². The number of hydrogen-bond acceptors (Lipinski definition) is 7. The molecule has 0 spiro atoms. The first-order chi connectivity index (χ1) is 15.7. The number of thiophene rings is 1. The molecule has 0 aliphatic carbocycles. The van der Waals surface area contributed by atoms with Crippen molar-refractivity contribution in [3.8, 4) is 11.4 Å². The summed E-state index contributed by atoms with van der Waals surface area (Å²) in [5.41, 5.74) is 9.62. The van der Waals surface area contributed by atoms with Crippen molar-refractivity contribution in [2.45, 2.75) is 25.8 Å². The summed E-state index contributed by atoms with van der Waals surface area (Å²) < 4.78 is 0.844. The summed E-state index contributed by atoms with van der Waals surface area (Å²) in [7, 11) is 0. The smallest absolute Gasteiger partial charge is 0.254 e. The van der Waals surface area contributed by atoms with Gasteiger partial charge in [0.05, 0.1) is 10.3 Å². The maximum absolute atomic E-state index is 12.7. The van der Waals surface area contributed by atoms with Crippen molar-refractivity contribution in [3.63, 3.8) is 0 Å². The normalized spacial score (nSPS) is 11.9. The Labute approximate surface area is 191 Å². The molecular formula is C24H26N6OS. The van der Waals surface area contributed by atoms with Gasteiger partial charge in [-0.3, -0.25) is 9.78 Å². The van der Waals surface area contributed by atoms with Crippen molar-refractivity contribution in [1.29, 1.82) is 0 Å². The Morgan fingerprint density at radius 2 is 1.91 bits per heavy atom. The second kappa shape index (κ2) is 10.3. The Morgan fingerprint density at radius 3 is 2.66 bits per heavy atom. The van der Waals surface area contributed by atoms with E-state index in [0.29, 0.717) is 35.8 Å². The third-order valence-corrected chi connectivity index (χ3v) is 5.98. The second-order valence-corrected chi connectivity index (χ2v) is 8.43. The van der Waals surface area contributed by atoms with Crippen molar-refractivity contribution in [2.75, 3.05) is 18.4 Å². The number of carbonyl (C=O) groups is 1. The number of carbonyl (C=O) groups excluding carboxylic acids is 1. The molecule has 0 fully saturated rings. The van der Waals surface area contributed by atoms with Gasteiger partial charge in [-0.05, 0) is 30.5 Å². The van der Waals surface area contributed by atoms with Crippen molar-refractivity contribution >= 4 is 33.3 Å². The Balaban J connectivity index is 1.64. The minimum atomic E-state index is -0.121. The van der Waals surface area contributed by atoms with Gasteiger partial charge in [0.15, 0.2) is 5.82 Å². The van der Waals surface area contributed by atoms with E-state index in [-0.39, 0.29) is 11.9 Å². The van der Waals surface area contributed by atoms with E-state index in [1.54, 1.807) is 12.4 Å². The average Bonchev–Trinajstić information content (AvgIpc) is 3.26. The Bertz CT molecular complexity index is 1180. The first-order valence-electron chi connectivity index (χ1n) is 10.7. The van der Waals surface area contributed by atoms with Crippen LogP contribution in [0.3, 0.4) is 0 Å². The third kappa shape index (κ3) is 5.09. The minimum absolute atomic E-state index is 0.0842. The molecule has 1 amide bonds. The lowest BCUT2D eigenvalue weighted by atomic mass is 10.1. The summed E-state index contributed by atoms with van der Waals surface area (Å²) >= 11 is 1.46. The number of anilines is 1. The molecule has 32 heavy (non-hydrogen) atoms. The highest BCUT2D eigenvalue weighted by atomic mass is 32.1. The standard InChI is InChI=1S/C24H26N6OS/c1-2-10-27-24(31)19-15-32-21-20(19)29-22(17-8-11-26-12-9-17)30-23(21)28-14-18(25)13-16-6-4-3-5-7-16/h3-9,11-12,15,18H,2,10,13-14,25H2,1H3,(H,27,31)(H,28,29,30)/t18-/m1/s1.